The molecule has 0 saturated carbocycles. The van der Waals surface area contributed by atoms with Gasteiger partial charge in [0.1, 0.15) is 23.4 Å². The molecule has 220 valence electrons. The van der Waals surface area contributed by atoms with Gasteiger partial charge in [0.15, 0.2) is 0 Å². The molecule has 9 nitrogen and oxygen atoms in total. The predicted molar refractivity (Wildman–Crippen MR) is 157 cm³/mol. The van der Waals surface area contributed by atoms with Crippen molar-refractivity contribution < 1.29 is 33.3 Å². The number of rotatable bonds is 9. The van der Waals surface area contributed by atoms with Gasteiger partial charge in [0.25, 0.3) is 0 Å². The average molecular weight is 576 g/mol. The number of hydrogen-bond acceptors (Lipinski definition) is 8. The van der Waals surface area contributed by atoms with Gasteiger partial charge in [0, 0.05) is 37.9 Å². The zero-order valence-electron chi connectivity index (χ0n) is 23.8. The SMILES string of the molecule is COC(=O)c1ccc(C2=NN(c3ccc(OC4CCN(c5cc(OC)ccc5F)CC4)cc3)[C@@H](CC(=O)O)[C@@H]2C)cc1. The Morgan fingerprint density at radius 2 is 1.64 bits per heavy atom. The summed E-state index contributed by atoms with van der Waals surface area (Å²) in [5.74, 6) is -0.445. The Bertz CT molecular complexity index is 1450. The number of benzene rings is 3. The van der Waals surface area contributed by atoms with Crippen molar-refractivity contribution in [2.24, 2.45) is 11.0 Å². The summed E-state index contributed by atoms with van der Waals surface area (Å²) in [5, 5.41) is 16.2. The van der Waals surface area contributed by atoms with Crippen LogP contribution in [0.25, 0.3) is 0 Å². The molecule has 0 aliphatic carbocycles. The Hall–Kier alpha value is -4.60. The van der Waals surface area contributed by atoms with E-state index >= 15 is 0 Å². The monoisotopic (exact) mass is 575 g/mol. The topological polar surface area (TPSA) is 101 Å². The van der Waals surface area contributed by atoms with Crippen LogP contribution in [0, 0.1) is 11.7 Å². The van der Waals surface area contributed by atoms with Gasteiger partial charge in [-0.05, 0) is 54.1 Å². The second-order valence-electron chi connectivity index (χ2n) is 10.5. The van der Waals surface area contributed by atoms with Crippen LogP contribution in [0.1, 0.15) is 42.1 Å². The lowest BCUT2D eigenvalue weighted by Crippen LogP contribution is -2.38. The Morgan fingerprint density at radius 1 is 0.976 bits per heavy atom. The number of hydrazone groups is 1. The number of esters is 1. The smallest absolute Gasteiger partial charge is 0.337 e. The minimum Gasteiger partial charge on any atom is -0.497 e. The Kier molecular flexibility index (Phi) is 8.61. The van der Waals surface area contributed by atoms with Crippen LogP contribution < -0.4 is 19.4 Å². The van der Waals surface area contributed by atoms with E-state index in [2.05, 4.69) is 0 Å². The van der Waals surface area contributed by atoms with Gasteiger partial charge in [-0.1, -0.05) is 19.1 Å². The normalized spacial score (nSPS) is 18.9. The third-order valence-electron chi connectivity index (χ3n) is 7.86. The summed E-state index contributed by atoms with van der Waals surface area (Å²) >= 11 is 0. The number of halogens is 1. The Labute approximate surface area is 244 Å². The summed E-state index contributed by atoms with van der Waals surface area (Å²) in [5.41, 5.74) is 3.28. The van der Waals surface area contributed by atoms with Crippen molar-refractivity contribution in [1.29, 1.82) is 0 Å². The zero-order chi connectivity index (χ0) is 29.8. The molecule has 42 heavy (non-hydrogen) atoms. The van der Waals surface area contributed by atoms with Crippen molar-refractivity contribution in [3.63, 3.8) is 0 Å². The first-order valence-electron chi connectivity index (χ1n) is 13.9. The molecule has 5 rings (SSSR count). The Morgan fingerprint density at radius 3 is 2.26 bits per heavy atom. The van der Waals surface area contributed by atoms with Crippen LogP contribution in [-0.2, 0) is 9.53 Å². The molecule has 2 aliphatic heterocycles. The molecule has 0 aromatic heterocycles. The maximum Gasteiger partial charge on any atom is 0.337 e. The van der Waals surface area contributed by atoms with E-state index in [1.807, 2.05) is 36.1 Å². The van der Waals surface area contributed by atoms with E-state index in [4.69, 9.17) is 19.3 Å². The third kappa shape index (κ3) is 6.17. The minimum absolute atomic E-state index is 0.00933. The lowest BCUT2D eigenvalue weighted by atomic mass is 9.90. The fourth-order valence-electron chi connectivity index (χ4n) is 5.53. The van der Waals surface area contributed by atoms with Gasteiger partial charge >= 0.3 is 11.9 Å². The molecule has 0 bridgehead atoms. The van der Waals surface area contributed by atoms with Crippen LogP contribution in [0.3, 0.4) is 0 Å². The number of carboxylic acid groups (broad SMARTS) is 1. The molecule has 1 fully saturated rings. The van der Waals surface area contributed by atoms with Gasteiger partial charge in [-0.15, -0.1) is 0 Å². The number of anilines is 2. The summed E-state index contributed by atoms with van der Waals surface area (Å²) < 4.78 is 30.7. The molecule has 3 aromatic carbocycles. The van der Waals surface area contributed by atoms with E-state index in [0.717, 1.165) is 29.8 Å². The van der Waals surface area contributed by atoms with Crippen molar-refractivity contribution >= 4 is 29.0 Å². The molecule has 10 heteroatoms. The minimum atomic E-state index is -0.908. The molecular weight excluding hydrogens is 541 g/mol. The second-order valence-corrected chi connectivity index (χ2v) is 10.5. The number of piperidine rings is 1. The van der Waals surface area contributed by atoms with E-state index in [9.17, 15) is 19.1 Å². The van der Waals surface area contributed by atoms with Gasteiger partial charge in [0.05, 0.1) is 49.3 Å². The van der Waals surface area contributed by atoms with Crippen molar-refractivity contribution in [2.75, 3.05) is 37.2 Å². The molecular formula is C32H34FN3O6. The fourth-order valence-corrected chi connectivity index (χ4v) is 5.53. The van der Waals surface area contributed by atoms with Crippen LogP contribution in [0.2, 0.25) is 0 Å². The molecule has 0 amide bonds. The highest BCUT2D eigenvalue weighted by atomic mass is 19.1. The van der Waals surface area contributed by atoms with Crippen molar-refractivity contribution in [3.8, 4) is 11.5 Å². The van der Waals surface area contributed by atoms with Gasteiger partial charge in [0.2, 0.25) is 0 Å². The average Bonchev–Trinajstić information content (AvgIpc) is 3.32. The molecule has 3 aromatic rings. The van der Waals surface area contributed by atoms with Crippen molar-refractivity contribution in [2.45, 2.75) is 38.3 Å². The molecule has 2 heterocycles. The zero-order valence-corrected chi connectivity index (χ0v) is 23.8. The van der Waals surface area contributed by atoms with Gasteiger partial charge in [-0.2, -0.15) is 5.10 Å². The molecule has 1 N–H and O–H groups in total. The highest BCUT2D eigenvalue weighted by molar-refractivity contribution is 6.05. The van der Waals surface area contributed by atoms with E-state index in [0.29, 0.717) is 35.8 Å². The molecule has 2 atom stereocenters. The van der Waals surface area contributed by atoms with E-state index in [1.165, 1.54) is 13.2 Å². The lowest BCUT2D eigenvalue weighted by molar-refractivity contribution is -0.137. The van der Waals surface area contributed by atoms with Crippen molar-refractivity contribution in [1.82, 2.24) is 0 Å². The summed E-state index contributed by atoms with van der Waals surface area (Å²) in [6.45, 7) is 3.28. The number of methoxy groups -OCH3 is 2. The first-order valence-corrected chi connectivity index (χ1v) is 13.9. The standard InChI is InChI=1S/C32H34FN3O6/c1-20-28(19-30(37)38)36(34-31(20)21-4-6-22(7-5-21)32(39)41-3)23-8-10-24(11-9-23)42-25-14-16-35(17-15-25)29-18-26(40-2)12-13-27(29)33/h4-13,18,20,25,28H,14-17,19H2,1-3H3,(H,37,38)/t20-,28-/m0/s1. The molecule has 0 spiro atoms. The number of carbonyl (C=O) groups excluding carboxylic acids is 1. The number of nitrogens with zero attached hydrogens (tertiary/aromatic N) is 3. The predicted octanol–water partition coefficient (Wildman–Crippen LogP) is 5.37. The first kappa shape index (κ1) is 28.9. The maximum atomic E-state index is 14.4. The first-order chi connectivity index (χ1) is 20.3. The third-order valence-corrected chi connectivity index (χ3v) is 7.86. The van der Waals surface area contributed by atoms with E-state index in [-0.39, 0.29) is 30.3 Å². The van der Waals surface area contributed by atoms with Crippen LogP contribution in [0.15, 0.2) is 71.8 Å². The number of aliphatic carboxylic acids is 1. The molecule has 1 saturated heterocycles. The number of ether oxygens (including phenoxy) is 3. The van der Waals surface area contributed by atoms with E-state index in [1.54, 1.807) is 48.5 Å². The summed E-state index contributed by atoms with van der Waals surface area (Å²) in [6, 6.07) is 18.8. The lowest BCUT2D eigenvalue weighted by Gasteiger charge is -2.34. The van der Waals surface area contributed by atoms with Gasteiger partial charge in [-0.25, -0.2) is 9.18 Å². The van der Waals surface area contributed by atoms with Crippen LogP contribution in [0.5, 0.6) is 11.5 Å². The van der Waals surface area contributed by atoms with Crippen molar-refractivity contribution in [3.05, 3.63) is 83.7 Å². The Balaban J connectivity index is 1.27. The number of carbonyl (C=O) groups is 2. The molecule has 0 unspecified atom stereocenters. The van der Waals surface area contributed by atoms with Crippen LogP contribution in [-0.4, -0.2) is 62.2 Å². The number of carboxylic acids is 1. The summed E-state index contributed by atoms with van der Waals surface area (Å²) in [7, 11) is 2.90. The largest absolute Gasteiger partial charge is 0.497 e. The van der Waals surface area contributed by atoms with Crippen LogP contribution >= 0.6 is 0 Å². The van der Waals surface area contributed by atoms with Gasteiger partial charge in [-0.3, -0.25) is 9.80 Å². The van der Waals surface area contributed by atoms with Crippen LogP contribution in [0.4, 0.5) is 15.8 Å². The van der Waals surface area contributed by atoms with Gasteiger partial charge < -0.3 is 24.2 Å². The molecule has 2 aliphatic rings. The summed E-state index contributed by atoms with van der Waals surface area (Å²) in [4.78, 5) is 25.6. The fraction of sp³-hybridized carbons (Fsp3) is 0.344. The highest BCUT2D eigenvalue weighted by Gasteiger charge is 2.37. The summed E-state index contributed by atoms with van der Waals surface area (Å²) in [6.07, 6.45) is 1.39. The molecule has 0 radical (unpaired) electrons. The second kappa shape index (κ2) is 12.5. The highest BCUT2D eigenvalue weighted by Crippen LogP contribution is 2.34. The number of hydrogen-bond donors (Lipinski definition) is 1. The van der Waals surface area contributed by atoms with E-state index < -0.39 is 11.9 Å². The quantitative estimate of drug-likeness (QED) is 0.340. The maximum absolute atomic E-state index is 14.4.